The summed E-state index contributed by atoms with van der Waals surface area (Å²) in [6, 6.07) is 16.6. The van der Waals surface area contributed by atoms with E-state index >= 15 is 0 Å². The number of para-hydroxylation sites is 1. The number of ether oxygens (including phenoxy) is 1. The Kier molecular flexibility index (Phi) is 6.37. The Morgan fingerprint density at radius 2 is 1.62 bits per heavy atom. The summed E-state index contributed by atoms with van der Waals surface area (Å²) in [5, 5.41) is 0. The first-order valence-electron chi connectivity index (χ1n) is 7.90. The van der Waals surface area contributed by atoms with Gasteiger partial charge in [-0.3, -0.25) is 20.4 Å². The van der Waals surface area contributed by atoms with E-state index in [-0.39, 0.29) is 17.7 Å². The van der Waals surface area contributed by atoms with E-state index in [2.05, 4.69) is 10.9 Å². The van der Waals surface area contributed by atoms with E-state index in [9.17, 15) is 9.59 Å². The van der Waals surface area contributed by atoms with Crippen molar-refractivity contribution < 1.29 is 14.3 Å². The van der Waals surface area contributed by atoms with Gasteiger partial charge in [-0.2, -0.15) is 0 Å². The molecule has 126 valence electrons. The van der Waals surface area contributed by atoms with Crippen LogP contribution in [-0.2, 0) is 11.4 Å². The summed E-state index contributed by atoms with van der Waals surface area (Å²) in [5.41, 5.74) is 6.25. The average molecular weight is 326 g/mol. The number of nitrogens with one attached hydrogen (secondary N) is 2. The Morgan fingerprint density at radius 3 is 2.25 bits per heavy atom. The summed E-state index contributed by atoms with van der Waals surface area (Å²) in [6.07, 6.45) is 0.371. The lowest BCUT2D eigenvalue weighted by Gasteiger charge is -2.09. The van der Waals surface area contributed by atoms with Crippen molar-refractivity contribution in [2.24, 2.45) is 5.92 Å². The molecule has 0 fully saturated rings. The van der Waals surface area contributed by atoms with Gasteiger partial charge in [0.1, 0.15) is 12.4 Å². The Morgan fingerprint density at radius 1 is 0.958 bits per heavy atom. The number of hydrazine groups is 1. The van der Waals surface area contributed by atoms with Gasteiger partial charge in [-0.25, -0.2) is 0 Å². The molecule has 5 nitrogen and oxygen atoms in total. The average Bonchev–Trinajstić information content (AvgIpc) is 2.58. The molecule has 0 aliphatic rings. The number of benzene rings is 2. The Balaban J connectivity index is 1.82. The quantitative estimate of drug-likeness (QED) is 0.802. The van der Waals surface area contributed by atoms with Crippen LogP contribution >= 0.6 is 0 Å². The van der Waals surface area contributed by atoms with Crippen LogP contribution in [0.25, 0.3) is 0 Å². The van der Waals surface area contributed by atoms with E-state index < -0.39 is 0 Å². The second-order valence-corrected chi connectivity index (χ2v) is 5.90. The van der Waals surface area contributed by atoms with Crippen molar-refractivity contribution in [3.63, 3.8) is 0 Å². The van der Waals surface area contributed by atoms with Crippen molar-refractivity contribution in [1.82, 2.24) is 10.9 Å². The highest BCUT2D eigenvalue weighted by atomic mass is 16.5. The smallest absolute Gasteiger partial charge is 0.269 e. The molecular formula is C19H22N2O3. The van der Waals surface area contributed by atoms with Gasteiger partial charge in [-0.15, -0.1) is 0 Å². The maximum absolute atomic E-state index is 12.0. The molecule has 2 aromatic rings. The number of carbonyl (C=O) groups excluding carboxylic acids is 2. The van der Waals surface area contributed by atoms with Crippen molar-refractivity contribution >= 4 is 11.8 Å². The fraction of sp³-hybridized carbons (Fsp3) is 0.263. The van der Waals surface area contributed by atoms with Crippen LogP contribution in [0.3, 0.4) is 0 Å². The van der Waals surface area contributed by atoms with Gasteiger partial charge in [0.05, 0.1) is 0 Å². The van der Waals surface area contributed by atoms with Crippen LogP contribution in [-0.4, -0.2) is 11.8 Å². The van der Waals surface area contributed by atoms with E-state index in [1.54, 1.807) is 12.1 Å². The van der Waals surface area contributed by atoms with Crippen molar-refractivity contribution in [3.8, 4) is 5.75 Å². The molecule has 5 heteroatoms. The molecule has 0 atom stereocenters. The monoisotopic (exact) mass is 326 g/mol. The molecule has 2 N–H and O–H groups in total. The summed E-state index contributed by atoms with van der Waals surface area (Å²) in [7, 11) is 0. The predicted molar refractivity (Wildman–Crippen MR) is 92.3 cm³/mol. The van der Waals surface area contributed by atoms with E-state index in [0.29, 0.717) is 18.6 Å². The highest BCUT2D eigenvalue weighted by molar-refractivity contribution is 5.95. The first-order chi connectivity index (χ1) is 11.5. The van der Waals surface area contributed by atoms with Crippen LogP contribution in [0.2, 0.25) is 0 Å². The van der Waals surface area contributed by atoms with Gasteiger partial charge < -0.3 is 4.74 Å². The third-order valence-corrected chi connectivity index (χ3v) is 3.27. The minimum atomic E-state index is -0.345. The summed E-state index contributed by atoms with van der Waals surface area (Å²) in [6.45, 7) is 4.31. The van der Waals surface area contributed by atoms with Gasteiger partial charge in [0.25, 0.3) is 5.91 Å². The van der Waals surface area contributed by atoms with Gasteiger partial charge in [-0.05, 0) is 35.7 Å². The molecular weight excluding hydrogens is 304 g/mol. The molecule has 0 unspecified atom stereocenters. The van der Waals surface area contributed by atoms with Crippen molar-refractivity contribution in [2.75, 3.05) is 0 Å². The van der Waals surface area contributed by atoms with Gasteiger partial charge >= 0.3 is 0 Å². The molecule has 0 aliphatic heterocycles. The number of hydrogen-bond donors (Lipinski definition) is 2. The topological polar surface area (TPSA) is 67.4 Å². The minimum absolute atomic E-state index is 0.203. The lowest BCUT2D eigenvalue weighted by molar-refractivity contribution is -0.122. The zero-order valence-corrected chi connectivity index (χ0v) is 13.9. The number of amides is 2. The predicted octanol–water partition coefficient (Wildman–Crippen LogP) is 3.07. The zero-order chi connectivity index (χ0) is 17.4. The minimum Gasteiger partial charge on any atom is -0.489 e. The highest BCUT2D eigenvalue weighted by Gasteiger charge is 2.08. The first-order valence-corrected chi connectivity index (χ1v) is 7.90. The van der Waals surface area contributed by atoms with Crippen molar-refractivity contribution in [1.29, 1.82) is 0 Å². The molecule has 0 heterocycles. The van der Waals surface area contributed by atoms with Crippen LogP contribution < -0.4 is 15.6 Å². The van der Waals surface area contributed by atoms with Crippen LogP contribution in [0.1, 0.15) is 36.2 Å². The lowest BCUT2D eigenvalue weighted by Crippen LogP contribution is -2.42. The summed E-state index contributed by atoms with van der Waals surface area (Å²) < 4.78 is 5.65. The van der Waals surface area contributed by atoms with Crippen molar-refractivity contribution in [2.45, 2.75) is 26.9 Å². The number of rotatable bonds is 6. The maximum Gasteiger partial charge on any atom is 0.269 e. The Hall–Kier alpha value is -2.82. The van der Waals surface area contributed by atoms with E-state index in [1.165, 1.54) is 0 Å². The van der Waals surface area contributed by atoms with Crippen LogP contribution in [0, 0.1) is 5.92 Å². The third kappa shape index (κ3) is 5.76. The van der Waals surface area contributed by atoms with Crippen LogP contribution in [0.4, 0.5) is 0 Å². The molecule has 0 saturated carbocycles. The van der Waals surface area contributed by atoms with E-state index in [1.807, 2.05) is 56.3 Å². The van der Waals surface area contributed by atoms with Gasteiger partial charge in [-0.1, -0.05) is 44.2 Å². The SMILES string of the molecule is CC(C)CC(=O)NNC(=O)c1ccc(COc2ccccc2)cc1. The fourth-order valence-corrected chi connectivity index (χ4v) is 2.06. The highest BCUT2D eigenvalue weighted by Crippen LogP contribution is 2.12. The Labute approximate surface area is 142 Å². The zero-order valence-electron chi connectivity index (χ0n) is 13.9. The first kappa shape index (κ1) is 17.5. The van der Waals surface area contributed by atoms with Crippen LogP contribution in [0.15, 0.2) is 54.6 Å². The summed E-state index contributed by atoms with van der Waals surface area (Å²) >= 11 is 0. The number of hydrogen-bond acceptors (Lipinski definition) is 3. The summed E-state index contributed by atoms with van der Waals surface area (Å²) in [5.74, 6) is 0.492. The molecule has 2 amide bonds. The van der Waals surface area contributed by atoms with E-state index in [0.717, 1.165) is 11.3 Å². The standard InChI is InChI=1S/C19H22N2O3/c1-14(2)12-18(22)20-21-19(23)16-10-8-15(9-11-16)13-24-17-6-4-3-5-7-17/h3-11,14H,12-13H2,1-2H3,(H,20,22)(H,21,23). The largest absolute Gasteiger partial charge is 0.489 e. The third-order valence-electron chi connectivity index (χ3n) is 3.27. The second-order valence-electron chi connectivity index (χ2n) is 5.90. The molecule has 0 spiro atoms. The second kappa shape index (κ2) is 8.72. The van der Waals surface area contributed by atoms with Gasteiger partial charge in [0.15, 0.2) is 0 Å². The van der Waals surface area contributed by atoms with Gasteiger partial charge in [0.2, 0.25) is 5.91 Å². The van der Waals surface area contributed by atoms with Crippen molar-refractivity contribution in [3.05, 3.63) is 65.7 Å². The molecule has 0 aliphatic carbocycles. The molecule has 2 aromatic carbocycles. The van der Waals surface area contributed by atoms with Crippen LogP contribution in [0.5, 0.6) is 5.75 Å². The van der Waals surface area contributed by atoms with Gasteiger partial charge in [0, 0.05) is 12.0 Å². The molecule has 24 heavy (non-hydrogen) atoms. The molecule has 0 saturated heterocycles. The molecule has 0 bridgehead atoms. The molecule has 0 aromatic heterocycles. The fourth-order valence-electron chi connectivity index (χ4n) is 2.06. The molecule has 0 radical (unpaired) electrons. The summed E-state index contributed by atoms with van der Waals surface area (Å²) in [4.78, 5) is 23.5. The number of carbonyl (C=O) groups is 2. The molecule has 2 rings (SSSR count). The van der Waals surface area contributed by atoms with E-state index in [4.69, 9.17) is 4.74 Å². The maximum atomic E-state index is 12.0. The normalized spacial score (nSPS) is 10.3. The lowest BCUT2D eigenvalue weighted by atomic mass is 10.1. The Bertz CT molecular complexity index is 667.